The molecule has 2 aromatic rings. The molecule has 1 aliphatic rings. The number of hydrazone groups is 1. The lowest BCUT2D eigenvalue weighted by molar-refractivity contribution is -0.297. The van der Waals surface area contributed by atoms with Crippen molar-refractivity contribution in [1.82, 2.24) is 5.01 Å². The minimum atomic E-state index is -5.02. The van der Waals surface area contributed by atoms with Crippen LogP contribution in [0.1, 0.15) is 22.3 Å². The van der Waals surface area contributed by atoms with Crippen LogP contribution >= 0.6 is 0 Å². The first-order chi connectivity index (χ1) is 13.2. The first kappa shape index (κ1) is 19.7. The Labute approximate surface area is 158 Å². The van der Waals surface area contributed by atoms with Gasteiger partial charge in [0.2, 0.25) is 0 Å². The van der Waals surface area contributed by atoms with Crippen molar-refractivity contribution < 1.29 is 32.5 Å². The Morgan fingerprint density at radius 3 is 2.32 bits per heavy atom. The largest absolute Gasteiger partial charge is 0.497 e. The highest BCUT2D eigenvalue weighted by Gasteiger charge is 2.61. The molecule has 3 rings (SSSR count). The van der Waals surface area contributed by atoms with Gasteiger partial charge < -0.3 is 14.6 Å². The van der Waals surface area contributed by atoms with E-state index in [9.17, 15) is 23.1 Å². The molecule has 1 unspecified atom stereocenters. The van der Waals surface area contributed by atoms with Crippen molar-refractivity contribution in [3.05, 3.63) is 59.7 Å². The van der Waals surface area contributed by atoms with Crippen LogP contribution < -0.4 is 9.47 Å². The van der Waals surface area contributed by atoms with Crippen molar-refractivity contribution in [2.75, 3.05) is 7.11 Å². The van der Waals surface area contributed by atoms with Crippen molar-refractivity contribution in [3.8, 4) is 11.5 Å². The molecule has 1 amide bonds. The van der Waals surface area contributed by atoms with Crippen LogP contribution in [0.25, 0.3) is 0 Å². The molecule has 1 heterocycles. The number of amides is 1. The van der Waals surface area contributed by atoms with E-state index in [4.69, 9.17) is 9.47 Å². The minimum absolute atomic E-state index is 0.0325. The predicted molar refractivity (Wildman–Crippen MR) is 94.1 cm³/mol. The highest BCUT2D eigenvalue weighted by molar-refractivity contribution is 5.95. The molecule has 0 saturated carbocycles. The number of ether oxygens (including phenoxy) is 2. The number of hydrogen-bond acceptors (Lipinski definition) is 5. The number of aliphatic hydroxyl groups is 1. The number of carbonyl (C=O) groups is 1. The summed E-state index contributed by atoms with van der Waals surface area (Å²) in [5.74, 6) is 0.261. The standard InChI is InChI=1S/C19H17F3N2O4/c1-27-15-6-8-16(9-7-15)28-12-13-2-4-14(5-3-13)17(25)24-18(26,10-11-23-24)19(20,21)22/h2-9,11,26H,10,12H2,1H3. The van der Waals surface area contributed by atoms with Crippen LogP contribution in [0.15, 0.2) is 53.6 Å². The molecule has 6 nitrogen and oxygen atoms in total. The van der Waals surface area contributed by atoms with Gasteiger partial charge in [-0.15, -0.1) is 0 Å². The van der Waals surface area contributed by atoms with E-state index in [1.165, 1.54) is 12.1 Å². The molecule has 0 radical (unpaired) electrons. The molecule has 28 heavy (non-hydrogen) atoms. The average molecular weight is 394 g/mol. The van der Waals surface area contributed by atoms with Gasteiger partial charge in [-0.25, -0.2) is 0 Å². The van der Waals surface area contributed by atoms with Crippen LogP contribution in [0.4, 0.5) is 13.2 Å². The zero-order valence-electron chi connectivity index (χ0n) is 14.8. The molecule has 148 valence electrons. The van der Waals surface area contributed by atoms with Gasteiger partial charge in [-0.1, -0.05) is 12.1 Å². The number of hydrogen-bond donors (Lipinski definition) is 1. The summed E-state index contributed by atoms with van der Waals surface area (Å²) in [6.07, 6.45) is -4.97. The smallest absolute Gasteiger partial charge is 0.438 e. The van der Waals surface area contributed by atoms with Crippen molar-refractivity contribution in [1.29, 1.82) is 0 Å². The Balaban J connectivity index is 1.66. The number of methoxy groups -OCH3 is 1. The Hall–Kier alpha value is -3.07. The molecule has 1 aliphatic heterocycles. The van der Waals surface area contributed by atoms with E-state index in [1.807, 2.05) is 0 Å². The number of alkyl halides is 3. The van der Waals surface area contributed by atoms with Crippen LogP contribution in [-0.2, 0) is 6.61 Å². The predicted octanol–water partition coefficient (Wildman–Crippen LogP) is 3.36. The summed E-state index contributed by atoms with van der Waals surface area (Å²) in [5, 5.41) is 13.3. The third-order valence-corrected chi connectivity index (χ3v) is 4.24. The topological polar surface area (TPSA) is 71.4 Å². The zero-order chi connectivity index (χ0) is 20.4. The second-order valence-electron chi connectivity index (χ2n) is 6.09. The second-order valence-corrected chi connectivity index (χ2v) is 6.09. The van der Waals surface area contributed by atoms with E-state index in [2.05, 4.69) is 5.10 Å². The number of carbonyl (C=O) groups excluding carboxylic acids is 1. The normalized spacial score (nSPS) is 19.0. The fraction of sp³-hybridized carbons (Fsp3) is 0.263. The molecular weight excluding hydrogens is 377 g/mol. The monoisotopic (exact) mass is 394 g/mol. The van der Waals surface area contributed by atoms with Gasteiger partial charge in [0.25, 0.3) is 11.6 Å². The van der Waals surface area contributed by atoms with Crippen LogP contribution in [0, 0.1) is 0 Å². The summed E-state index contributed by atoms with van der Waals surface area (Å²) in [7, 11) is 1.56. The highest BCUT2D eigenvalue weighted by atomic mass is 19.4. The van der Waals surface area contributed by atoms with Gasteiger partial charge in [-0.3, -0.25) is 4.79 Å². The molecule has 2 aromatic carbocycles. The summed E-state index contributed by atoms with van der Waals surface area (Å²) in [5.41, 5.74) is -2.65. The van der Waals surface area contributed by atoms with Crippen molar-refractivity contribution in [3.63, 3.8) is 0 Å². The van der Waals surface area contributed by atoms with Crippen molar-refractivity contribution in [2.45, 2.75) is 24.9 Å². The number of benzene rings is 2. The lowest BCUT2D eigenvalue weighted by Crippen LogP contribution is -2.56. The van der Waals surface area contributed by atoms with E-state index in [1.54, 1.807) is 43.5 Å². The van der Waals surface area contributed by atoms with Gasteiger partial charge in [0.05, 0.1) is 7.11 Å². The lowest BCUT2D eigenvalue weighted by atomic mass is 10.1. The third-order valence-electron chi connectivity index (χ3n) is 4.24. The van der Waals surface area contributed by atoms with E-state index in [-0.39, 0.29) is 17.2 Å². The zero-order valence-corrected chi connectivity index (χ0v) is 14.8. The van der Waals surface area contributed by atoms with E-state index in [0.29, 0.717) is 17.1 Å². The summed E-state index contributed by atoms with van der Waals surface area (Å²) in [6.45, 7) is 0.204. The number of rotatable bonds is 5. The van der Waals surface area contributed by atoms with Gasteiger partial charge >= 0.3 is 6.18 Å². The molecule has 0 bridgehead atoms. The molecule has 0 spiro atoms. The molecule has 1 N–H and O–H groups in total. The van der Waals surface area contributed by atoms with E-state index >= 15 is 0 Å². The summed E-state index contributed by atoms with van der Waals surface area (Å²) in [4.78, 5) is 12.4. The van der Waals surface area contributed by atoms with Crippen molar-refractivity contribution >= 4 is 12.1 Å². The maximum absolute atomic E-state index is 13.1. The second kappa shape index (κ2) is 7.51. The number of nitrogens with zero attached hydrogens (tertiary/aromatic N) is 2. The summed E-state index contributed by atoms with van der Waals surface area (Å²) >= 11 is 0. The summed E-state index contributed by atoms with van der Waals surface area (Å²) < 4.78 is 50.0. The Bertz CT molecular complexity index is 866. The highest BCUT2D eigenvalue weighted by Crippen LogP contribution is 2.39. The molecule has 0 fully saturated rings. The Morgan fingerprint density at radius 2 is 1.75 bits per heavy atom. The lowest BCUT2D eigenvalue weighted by Gasteiger charge is -2.32. The van der Waals surface area contributed by atoms with Gasteiger partial charge in [0, 0.05) is 18.2 Å². The molecule has 0 aromatic heterocycles. The molecular formula is C19H17F3N2O4. The molecule has 0 aliphatic carbocycles. The van der Waals surface area contributed by atoms with Crippen LogP contribution in [0.2, 0.25) is 0 Å². The van der Waals surface area contributed by atoms with Gasteiger partial charge in [0.1, 0.15) is 18.1 Å². The fourth-order valence-corrected chi connectivity index (χ4v) is 2.59. The van der Waals surface area contributed by atoms with Crippen molar-refractivity contribution in [2.24, 2.45) is 5.10 Å². The number of halogens is 3. The first-order valence-corrected chi connectivity index (χ1v) is 8.26. The molecule has 9 heteroatoms. The maximum Gasteiger partial charge on any atom is 0.438 e. The molecule has 0 saturated heterocycles. The van der Waals surface area contributed by atoms with E-state index < -0.39 is 24.2 Å². The van der Waals surface area contributed by atoms with Gasteiger partial charge in [0.15, 0.2) is 0 Å². The fourth-order valence-electron chi connectivity index (χ4n) is 2.59. The van der Waals surface area contributed by atoms with Crippen LogP contribution in [-0.4, -0.2) is 41.2 Å². The maximum atomic E-state index is 13.1. The van der Waals surface area contributed by atoms with Gasteiger partial charge in [-0.05, 0) is 42.0 Å². The first-order valence-electron chi connectivity index (χ1n) is 8.26. The Kier molecular flexibility index (Phi) is 5.28. The average Bonchev–Trinajstić information content (AvgIpc) is 3.09. The van der Waals surface area contributed by atoms with E-state index in [0.717, 1.165) is 6.21 Å². The SMILES string of the molecule is COc1ccc(OCc2ccc(C(=O)N3N=CCC3(O)C(F)(F)F)cc2)cc1. The summed E-state index contributed by atoms with van der Waals surface area (Å²) in [6, 6.07) is 12.8. The minimum Gasteiger partial charge on any atom is -0.497 e. The van der Waals surface area contributed by atoms with Crippen LogP contribution in [0.3, 0.4) is 0 Å². The Morgan fingerprint density at radius 1 is 1.14 bits per heavy atom. The molecule has 1 atom stereocenters. The van der Waals surface area contributed by atoms with Crippen LogP contribution in [0.5, 0.6) is 11.5 Å². The third kappa shape index (κ3) is 3.79. The van der Waals surface area contributed by atoms with Gasteiger partial charge in [-0.2, -0.15) is 23.3 Å². The quantitative estimate of drug-likeness (QED) is 0.844.